The first kappa shape index (κ1) is 14.9. The fraction of sp³-hybridized carbons (Fsp3) is 0.143. The molecule has 3 N–H and O–H groups in total. The van der Waals surface area contributed by atoms with Crippen LogP contribution in [0.3, 0.4) is 0 Å². The van der Waals surface area contributed by atoms with Gasteiger partial charge in [-0.15, -0.1) is 0 Å². The molecule has 2 aromatic carbocycles. The first-order chi connectivity index (χ1) is 9.55. The van der Waals surface area contributed by atoms with Crippen LogP contribution in [0.2, 0.25) is 0 Å². The Morgan fingerprint density at radius 3 is 2.50 bits per heavy atom. The van der Waals surface area contributed by atoms with Crippen LogP contribution < -0.4 is 16.0 Å². The predicted octanol–water partition coefficient (Wildman–Crippen LogP) is 3.29. The molecule has 0 saturated carbocycles. The third kappa shape index (κ3) is 3.15. The second kappa shape index (κ2) is 6.30. The lowest BCUT2D eigenvalue weighted by atomic mass is 9.98. The largest absolute Gasteiger partial charge is 0.497 e. The van der Waals surface area contributed by atoms with Gasteiger partial charge in [0.05, 0.1) is 13.2 Å². The van der Waals surface area contributed by atoms with Gasteiger partial charge in [-0.2, -0.15) is 0 Å². The van der Waals surface area contributed by atoms with E-state index in [-0.39, 0.29) is 0 Å². The molecule has 6 heteroatoms. The first-order valence-electron chi connectivity index (χ1n) is 5.80. The highest BCUT2D eigenvalue weighted by Crippen LogP contribution is 2.28. The second-order valence-electron chi connectivity index (χ2n) is 4.19. The summed E-state index contributed by atoms with van der Waals surface area (Å²) < 4.78 is 33.0. The monoisotopic (exact) mass is 342 g/mol. The molecule has 0 spiro atoms. The lowest BCUT2D eigenvalue weighted by Gasteiger charge is -2.18. The first-order valence-corrected chi connectivity index (χ1v) is 6.60. The molecule has 0 aliphatic heterocycles. The van der Waals surface area contributed by atoms with Gasteiger partial charge in [0.25, 0.3) is 0 Å². The third-order valence-corrected chi connectivity index (χ3v) is 3.36. The minimum Gasteiger partial charge on any atom is -0.497 e. The molecule has 2 rings (SSSR count). The van der Waals surface area contributed by atoms with Gasteiger partial charge in [-0.3, -0.25) is 5.84 Å². The van der Waals surface area contributed by atoms with E-state index < -0.39 is 17.7 Å². The number of methoxy groups -OCH3 is 1. The molecular formula is C14H13BrF2N2O. The molecule has 20 heavy (non-hydrogen) atoms. The Hall–Kier alpha value is -1.50. The smallest absolute Gasteiger partial charge is 0.132 e. The van der Waals surface area contributed by atoms with Crippen LogP contribution in [0.4, 0.5) is 8.78 Å². The van der Waals surface area contributed by atoms with Crippen molar-refractivity contribution in [1.29, 1.82) is 0 Å². The number of benzene rings is 2. The molecule has 0 radical (unpaired) electrons. The second-order valence-corrected chi connectivity index (χ2v) is 5.11. The zero-order chi connectivity index (χ0) is 14.7. The van der Waals surface area contributed by atoms with Crippen molar-refractivity contribution in [2.45, 2.75) is 6.04 Å². The summed E-state index contributed by atoms with van der Waals surface area (Å²) in [5, 5.41) is 0. The van der Waals surface area contributed by atoms with Gasteiger partial charge in [0, 0.05) is 16.1 Å². The van der Waals surface area contributed by atoms with E-state index in [0.717, 1.165) is 0 Å². The van der Waals surface area contributed by atoms with Crippen LogP contribution in [-0.2, 0) is 0 Å². The Labute approximate surface area is 123 Å². The number of halogens is 3. The van der Waals surface area contributed by atoms with Crippen molar-refractivity contribution in [3.8, 4) is 5.75 Å². The van der Waals surface area contributed by atoms with Crippen molar-refractivity contribution in [3.05, 3.63) is 63.6 Å². The van der Waals surface area contributed by atoms with E-state index >= 15 is 0 Å². The zero-order valence-electron chi connectivity index (χ0n) is 10.7. The molecule has 1 atom stereocenters. The maximum atomic E-state index is 14.1. The van der Waals surface area contributed by atoms with Crippen LogP contribution in [0.25, 0.3) is 0 Å². The van der Waals surface area contributed by atoms with Gasteiger partial charge in [-0.1, -0.05) is 22.0 Å². The van der Waals surface area contributed by atoms with Crippen LogP contribution in [-0.4, -0.2) is 7.11 Å². The van der Waals surface area contributed by atoms with Gasteiger partial charge < -0.3 is 4.74 Å². The van der Waals surface area contributed by atoms with Crippen LogP contribution >= 0.6 is 15.9 Å². The summed E-state index contributed by atoms with van der Waals surface area (Å²) in [6.45, 7) is 0. The average Bonchev–Trinajstić information content (AvgIpc) is 2.40. The molecule has 3 nitrogen and oxygen atoms in total. The van der Waals surface area contributed by atoms with E-state index in [2.05, 4.69) is 21.4 Å². The van der Waals surface area contributed by atoms with Crippen LogP contribution in [0.5, 0.6) is 5.75 Å². The minimum absolute atomic E-state index is 0.311. The molecule has 0 aliphatic carbocycles. The van der Waals surface area contributed by atoms with E-state index in [1.165, 1.54) is 25.3 Å². The zero-order valence-corrected chi connectivity index (χ0v) is 12.2. The predicted molar refractivity (Wildman–Crippen MR) is 76.2 cm³/mol. The Morgan fingerprint density at radius 1 is 1.20 bits per heavy atom. The highest BCUT2D eigenvalue weighted by Gasteiger charge is 2.18. The van der Waals surface area contributed by atoms with Gasteiger partial charge in [0.1, 0.15) is 17.4 Å². The Kier molecular flexibility index (Phi) is 4.69. The Balaban J connectivity index is 2.46. The molecular weight excluding hydrogens is 330 g/mol. The van der Waals surface area contributed by atoms with Crippen LogP contribution in [0.15, 0.2) is 40.9 Å². The molecule has 0 fully saturated rings. The van der Waals surface area contributed by atoms with Crippen LogP contribution in [0.1, 0.15) is 17.2 Å². The van der Waals surface area contributed by atoms with Crippen LogP contribution in [0, 0.1) is 11.6 Å². The number of hydrogen-bond acceptors (Lipinski definition) is 3. The minimum atomic E-state index is -0.659. The van der Waals surface area contributed by atoms with Crippen molar-refractivity contribution in [2.24, 2.45) is 5.84 Å². The summed E-state index contributed by atoms with van der Waals surface area (Å²) in [4.78, 5) is 0. The average molecular weight is 343 g/mol. The van der Waals surface area contributed by atoms with E-state index in [0.29, 0.717) is 21.3 Å². The quantitative estimate of drug-likeness (QED) is 0.662. The standard InChI is InChI=1S/C14H13BrF2N2O/c1-20-11-2-3-12(13(17)7-11)14(19-18)8-4-9(15)6-10(16)5-8/h2-7,14,19H,18H2,1H3. The van der Waals surface area contributed by atoms with Crippen molar-refractivity contribution < 1.29 is 13.5 Å². The maximum absolute atomic E-state index is 14.1. The number of hydrazine groups is 1. The summed E-state index contributed by atoms with van der Waals surface area (Å²) in [5.41, 5.74) is 3.33. The summed E-state index contributed by atoms with van der Waals surface area (Å²) in [6, 6.07) is 8.08. The highest BCUT2D eigenvalue weighted by atomic mass is 79.9. The number of nitrogens with two attached hydrogens (primary N) is 1. The molecule has 2 aromatic rings. The third-order valence-electron chi connectivity index (χ3n) is 2.90. The summed E-state index contributed by atoms with van der Waals surface area (Å²) in [5.74, 6) is 4.99. The highest BCUT2D eigenvalue weighted by molar-refractivity contribution is 9.10. The molecule has 0 heterocycles. The van der Waals surface area contributed by atoms with Gasteiger partial charge in [-0.05, 0) is 29.8 Å². The van der Waals surface area contributed by atoms with Crippen molar-refractivity contribution in [3.63, 3.8) is 0 Å². The van der Waals surface area contributed by atoms with Crippen molar-refractivity contribution in [1.82, 2.24) is 5.43 Å². The van der Waals surface area contributed by atoms with Crippen molar-refractivity contribution in [2.75, 3.05) is 7.11 Å². The molecule has 0 amide bonds. The maximum Gasteiger partial charge on any atom is 0.132 e. The summed E-state index contributed by atoms with van der Waals surface area (Å²) in [6.07, 6.45) is 0. The Bertz CT molecular complexity index is 602. The summed E-state index contributed by atoms with van der Waals surface area (Å²) >= 11 is 3.20. The fourth-order valence-corrected chi connectivity index (χ4v) is 2.46. The Morgan fingerprint density at radius 2 is 1.95 bits per heavy atom. The number of hydrogen-bond donors (Lipinski definition) is 2. The lowest BCUT2D eigenvalue weighted by molar-refractivity contribution is 0.410. The molecule has 0 saturated heterocycles. The van der Waals surface area contributed by atoms with Crippen molar-refractivity contribution >= 4 is 15.9 Å². The molecule has 106 valence electrons. The van der Waals surface area contributed by atoms with E-state index in [1.54, 1.807) is 18.2 Å². The van der Waals surface area contributed by atoms with Gasteiger partial charge >= 0.3 is 0 Å². The topological polar surface area (TPSA) is 47.3 Å². The molecule has 0 bridgehead atoms. The molecule has 1 unspecified atom stereocenters. The number of nitrogens with one attached hydrogen (secondary N) is 1. The molecule has 0 aromatic heterocycles. The number of rotatable bonds is 4. The SMILES string of the molecule is COc1ccc(C(NN)c2cc(F)cc(Br)c2)c(F)c1. The summed E-state index contributed by atoms with van der Waals surface area (Å²) in [7, 11) is 1.46. The van der Waals surface area contributed by atoms with Gasteiger partial charge in [0.2, 0.25) is 0 Å². The van der Waals surface area contributed by atoms with Gasteiger partial charge in [-0.25, -0.2) is 14.2 Å². The van der Waals surface area contributed by atoms with E-state index in [9.17, 15) is 8.78 Å². The van der Waals surface area contributed by atoms with E-state index in [1.807, 2.05) is 0 Å². The van der Waals surface area contributed by atoms with Gasteiger partial charge in [0.15, 0.2) is 0 Å². The normalized spacial score (nSPS) is 12.2. The lowest BCUT2D eigenvalue weighted by Crippen LogP contribution is -2.29. The van der Waals surface area contributed by atoms with E-state index in [4.69, 9.17) is 10.6 Å². The number of ether oxygens (including phenoxy) is 1. The fourth-order valence-electron chi connectivity index (χ4n) is 1.98. The molecule has 0 aliphatic rings.